The SMILES string of the molecule is COc1cccc(N(C)CC(=O)N2CCNCC2)c1[N+](=O)[O-]. The number of para-hydroxylation sites is 1. The Morgan fingerprint density at radius 1 is 1.45 bits per heavy atom. The van der Waals surface area contributed by atoms with Crippen molar-refractivity contribution in [2.24, 2.45) is 0 Å². The van der Waals surface area contributed by atoms with Gasteiger partial charge in [0.15, 0.2) is 5.75 Å². The first kappa shape index (κ1) is 16.0. The minimum absolute atomic E-state index is 0.0406. The van der Waals surface area contributed by atoms with E-state index in [9.17, 15) is 14.9 Å². The van der Waals surface area contributed by atoms with E-state index >= 15 is 0 Å². The molecular formula is C14H20N4O4. The van der Waals surface area contributed by atoms with E-state index in [-0.39, 0.29) is 23.9 Å². The number of benzene rings is 1. The molecule has 1 saturated heterocycles. The van der Waals surface area contributed by atoms with Crippen LogP contribution < -0.4 is 15.0 Å². The van der Waals surface area contributed by atoms with Crippen LogP contribution in [0.1, 0.15) is 0 Å². The number of likely N-dealkylation sites (N-methyl/N-ethyl adjacent to an activating group) is 1. The van der Waals surface area contributed by atoms with Crippen molar-refractivity contribution < 1.29 is 14.5 Å². The van der Waals surface area contributed by atoms with Gasteiger partial charge in [-0.05, 0) is 12.1 Å². The highest BCUT2D eigenvalue weighted by atomic mass is 16.6. The van der Waals surface area contributed by atoms with Gasteiger partial charge in [0.25, 0.3) is 0 Å². The molecule has 0 atom stereocenters. The smallest absolute Gasteiger partial charge is 0.333 e. The molecular weight excluding hydrogens is 288 g/mol. The number of hydrogen-bond donors (Lipinski definition) is 1. The average molecular weight is 308 g/mol. The van der Waals surface area contributed by atoms with Gasteiger partial charge in [0.2, 0.25) is 5.91 Å². The molecule has 1 N–H and O–H groups in total. The Morgan fingerprint density at radius 3 is 2.73 bits per heavy atom. The number of nitro benzene ring substituents is 1. The van der Waals surface area contributed by atoms with Crippen molar-refractivity contribution in [1.29, 1.82) is 0 Å². The number of hydrogen-bond acceptors (Lipinski definition) is 6. The second-order valence-electron chi connectivity index (χ2n) is 5.07. The number of amides is 1. The average Bonchev–Trinajstić information content (AvgIpc) is 2.54. The van der Waals surface area contributed by atoms with Crippen molar-refractivity contribution in [3.63, 3.8) is 0 Å². The first-order valence-corrected chi connectivity index (χ1v) is 7.05. The van der Waals surface area contributed by atoms with E-state index in [1.54, 1.807) is 29.0 Å². The first-order chi connectivity index (χ1) is 10.5. The molecule has 22 heavy (non-hydrogen) atoms. The molecule has 0 bridgehead atoms. The molecule has 0 radical (unpaired) electrons. The third kappa shape index (κ3) is 3.45. The number of rotatable bonds is 5. The number of ether oxygens (including phenoxy) is 1. The van der Waals surface area contributed by atoms with Crippen LogP contribution in [0.2, 0.25) is 0 Å². The third-order valence-corrected chi connectivity index (χ3v) is 3.63. The Labute approximate surface area is 128 Å². The molecule has 8 heteroatoms. The summed E-state index contributed by atoms with van der Waals surface area (Å²) in [4.78, 5) is 26.4. The van der Waals surface area contributed by atoms with Crippen LogP contribution in [-0.2, 0) is 4.79 Å². The standard InChI is InChI=1S/C14H20N4O4/c1-16(10-13(19)17-8-6-15-7-9-17)11-4-3-5-12(22-2)14(11)18(20)21/h3-5,15H,6-10H2,1-2H3. The summed E-state index contributed by atoms with van der Waals surface area (Å²) in [5.74, 6) is 0.144. The van der Waals surface area contributed by atoms with Crippen molar-refractivity contribution in [1.82, 2.24) is 10.2 Å². The molecule has 1 fully saturated rings. The van der Waals surface area contributed by atoms with Gasteiger partial charge in [-0.1, -0.05) is 6.07 Å². The summed E-state index contributed by atoms with van der Waals surface area (Å²) in [7, 11) is 3.06. The second-order valence-corrected chi connectivity index (χ2v) is 5.07. The minimum Gasteiger partial charge on any atom is -0.490 e. The van der Waals surface area contributed by atoms with Gasteiger partial charge in [-0.2, -0.15) is 0 Å². The Morgan fingerprint density at radius 2 is 2.14 bits per heavy atom. The molecule has 0 aromatic heterocycles. The summed E-state index contributed by atoms with van der Waals surface area (Å²) in [5, 5.41) is 14.5. The number of carbonyl (C=O) groups excluding carboxylic acids is 1. The molecule has 1 aliphatic heterocycles. The van der Waals surface area contributed by atoms with Crippen LogP contribution in [-0.4, -0.2) is 62.6 Å². The maximum absolute atomic E-state index is 12.3. The van der Waals surface area contributed by atoms with Crippen LogP contribution in [0, 0.1) is 10.1 Å². The van der Waals surface area contributed by atoms with Gasteiger partial charge in [0.1, 0.15) is 5.69 Å². The topological polar surface area (TPSA) is 88.0 Å². The minimum atomic E-state index is -0.486. The number of methoxy groups -OCH3 is 1. The van der Waals surface area contributed by atoms with Crippen molar-refractivity contribution in [2.75, 3.05) is 51.8 Å². The number of nitrogens with one attached hydrogen (secondary N) is 1. The molecule has 1 heterocycles. The van der Waals surface area contributed by atoms with Crippen molar-refractivity contribution in [3.05, 3.63) is 28.3 Å². The normalized spacial score (nSPS) is 14.5. The zero-order valence-electron chi connectivity index (χ0n) is 12.7. The molecule has 0 unspecified atom stereocenters. The zero-order chi connectivity index (χ0) is 16.1. The van der Waals surface area contributed by atoms with Gasteiger partial charge in [-0.25, -0.2) is 0 Å². The fraction of sp³-hybridized carbons (Fsp3) is 0.500. The summed E-state index contributed by atoms with van der Waals surface area (Å²) < 4.78 is 5.05. The predicted molar refractivity (Wildman–Crippen MR) is 82.4 cm³/mol. The highest BCUT2D eigenvalue weighted by Crippen LogP contribution is 2.36. The molecule has 0 aliphatic carbocycles. The van der Waals surface area contributed by atoms with E-state index in [0.717, 1.165) is 13.1 Å². The molecule has 2 rings (SSSR count). The fourth-order valence-corrected chi connectivity index (χ4v) is 2.47. The molecule has 0 spiro atoms. The lowest BCUT2D eigenvalue weighted by Crippen LogP contribution is -2.49. The largest absolute Gasteiger partial charge is 0.490 e. The maximum Gasteiger partial charge on any atom is 0.333 e. The van der Waals surface area contributed by atoms with Crippen LogP contribution in [0.25, 0.3) is 0 Å². The maximum atomic E-state index is 12.3. The highest BCUT2D eigenvalue weighted by molar-refractivity contribution is 5.83. The lowest BCUT2D eigenvalue weighted by molar-refractivity contribution is -0.385. The van der Waals surface area contributed by atoms with Crippen molar-refractivity contribution in [3.8, 4) is 5.75 Å². The molecule has 1 aromatic carbocycles. The Balaban J connectivity index is 2.16. The molecule has 1 aromatic rings. The second kappa shape index (κ2) is 7.08. The van der Waals surface area contributed by atoms with Crippen molar-refractivity contribution >= 4 is 17.3 Å². The molecule has 1 aliphatic rings. The number of nitro groups is 1. The fourth-order valence-electron chi connectivity index (χ4n) is 2.47. The lowest BCUT2D eigenvalue weighted by Gasteiger charge is -2.29. The predicted octanol–water partition coefficient (Wildman–Crippen LogP) is 0.471. The molecule has 120 valence electrons. The van der Waals surface area contributed by atoms with Gasteiger partial charge >= 0.3 is 5.69 Å². The van der Waals surface area contributed by atoms with Crippen LogP contribution >= 0.6 is 0 Å². The monoisotopic (exact) mass is 308 g/mol. The van der Waals surface area contributed by atoms with Crippen molar-refractivity contribution in [2.45, 2.75) is 0 Å². The molecule has 8 nitrogen and oxygen atoms in total. The number of nitrogens with zero attached hydrogens (tertiary/aromatic N) is 3. The molecule has 1 amide bonds. The van der Waals surface area contributed by atoms with Crippen LogP contribution in [0.3, 0.4) is 0 Å². The van der Waals surface area contributed by atoms with Gasteiger partial charge in [0, 0.05) is 33.2 Å². The third-order valence-electron chi connectivity index (χ3n) is 3.63. The summed E-state index contributed by atoms with van der Waals surface area (Å²) >= 11 is 0. The zero-order valence-corrected chi connectivity index (χ0v) is 12.7. The Bertz CT molecular complexity index is 558. The number of anilines is 1. The molecule has 0 saturated carbocycles. The van der Waals surface area contributed by atoms with E-state index in [0.29, 0.717) is 18.8 Å². The van der Waals surface area contributed by atoms with E-state index in [2.05, 4.69) is 5.32 Å². The first-order valence-electron chi connectivity index (χ1n) is 7.05. The Hall–Kier alpha value is -2.35. The summed E-state index contributed by atoms with van der Waals surface area (Å²) in [6.45, 7) is 2.96. The van der Waals surface area contributed by atoms with E-state index in [1.807, 2.05) is 0 Å². The van der Waals surface area contributed by atoms with Crippen LogP contribution in [0.5, 0.6) is 5.75 Å². The number of carbonyl (C=O) groups is 1. The quantitative estimate of drug-likeness (QED) is 0.628. The van der Waals surface area contributed by atoms with Crippen LogP contribution in [0.15, 0.2) is 18.2 Å². The highest BCUT2D eigenvalue weighted by Gasteiger charge is 2.25. The summed E-state index contributed by atoms with van der Waals surface area (Å²) in [5.41, 5.74) is 0.244. The van der Waals surface area contributed by atoms with Gasteiger partial charge < -0.3 is 19.9 Å². The van der Waals surface area contributed by atoms with E-state index in [1.165, 1.54) is 13.2 Å². The summed E-state index contributed by atoms with van der Waals surface area (Å²) in [6, 6.07) is 4.83. The van der Waals surface area contributed by atoms with Gasteiger partial charge in [0.05, 0.1) is 18.6 Å². The number of piperazine rings is 1. The summed E-state index contributed by atoms with van der Waals surface area (Å²) in [6.07, 6.45) is 0. The van der Waals surface area contributed by atoms with Gasteiger partial charge in [-0.3, -0.25) is 14.9 Å². The lowest BCUT2D eigenvalue weighted by atomic mass is 10.2. The van der Waals surface area contributed by atoms with Crippen LogP contribution in [0.4, 0.5) is 11.4 Å². The van der Waals surface area contributed by atoms with E-state index < -0.39 is 4.92 Å². The Kier molecular flexibility index (Phi) is 5.16. The van der Waals surface area contributed by atoms with E-state index in [4.69, 9.17) is 4.74 Å². The van der Waals surface area contributed by atoms with Gasteiger partial charge in [-0.15, -0.1) is 0 Å².